The summed E-state index contributed by atoms with van der Waals surface area (Å²) in [5.74, 6) is 3.05. The van der Waals surface area contributed by atoms with Gasteiger partial charge in [0.25, 0.3) is 0 Å². The zero-order valence-electron chi connectivity index (χ0n) is 19.1. The molecule has 1 saturated heterocycles. The first kappa shape index (κ1) is 22.5. The lowest BCUT2D eigenvalue weighted by Crippen LogP contribution is -2.35. The van der Waals surface area contributed by atoms with Crippen molar-refractivity contribution in [2.45, 2.75) is 45.4 Å². The lowest BCUT2D eigenvalue weighted by Gasteiger charge is -2.32. The number of piperidine rings is 1. The summed E-state index contributed by atoms with van der Waals surface area (Å²) in [6.45, 7) is 9.08. The first-order valence-corrected chi connectivity index (χ1v) is 11.4. The van der Waals surface area contributed by atoms with Gasteiger partial charge in [-0.1, -0.05) is 32.0 Å². The number of hydrogen-bond acceptors (Lipinski definition) is 4. The van der Waals surface area contributed by atoms with Crippen LogP contribution in [0.15, 0.2) is 42.5 Å². The van der Waals surface area contributed by atoms with Crippen LogP contribution in [0.25, 0.3) is 0 Å². The summed E-state index contributed by atoms with van der Waals surface area (Å²) in [6.07, 6.45) is 4.92. The largest absolute Gasteiger partial charge is 0.493 e. The van der Waals surface area contributed by atoms with Gasteiger partial charge in [-0.25, -0.2) is 0 Å². The first-order valence-electron chi connectivity index (χ1n) is 11.4. The third-order valence-corrected chi connectivity index (χ3v) is 6.33. The molecule has 2 aromatic carbocycles. The van der Waals surface area contributed by atoms with E-state index < -0.39 is 0 Å². The van der Waals surface area contributed by atoms with Gasteiger partial charge in [-0.2, -0.15) is 0 Å². The minimum Gasteiger partial charge on any atom is -0.493 e. The lowest BCUT2D eigenvalue weighted by atomic mass is 9.93. The van der Waals surface area contributed by atoms with Gasteiger partial charge < -0.3 is 19.7 Å². The van der Waals surface area contributed by atoms with Crippen molar-refractivity contribution in [1.82, 2.24) is 4.90 Å². The van der Waals surface area contributed by atoms with E-state index in [1.54, 1.807) is 14.2 Å². The topological polar surface area (TPSA) is 33.7 Å². The zero-order valence-corrected chi connectivity index (χ0v) is 19.1. The van der Waals surface area contributed by atoms with Crippen LogP contribution in [0, 0.1) is 5.92 Å². The molecule has 1 aliphatic rings. The number of methoxy groups -OCH3 is 2. The highest BCUT2D eigenvalue weighted by atomic mass is 16.5. The number of anilines is 1. The smallest absolute Gasteiger partial charge is 0.160 e. The molecule has 0 amide bonds. The van der Waals surface area contributed by atoms with E-state index in [2.05, 4.69) is 60.5 Å². The molecule has 1 heterocycles. The Balaban J connectivity index is 1.35. The molecule has 0 radical (unpaired) electrons. The van der Waals surface area contributed by atoms with Gasteiger partial charge in [-0.15, -0.1) is 0 Å². The van der Waals surface area contributed by atoms with E-state index in [-0.39, 0.29) is 0 Å². The van der Waals surface area contributed by atoms with Crippen LogP contribution >= 0.6 is 0 Å². The van der Waals surface area contributed by atoms with Crippen molar-refractivity contribution >= 4 is 5.69 Å². The number of hydrogen-bond donors (Lipinski definition) is 1. The monoisotopic (exact) mass is 410 g/mol. The quantitative estimate of drug-likeness (QED) is 0.554. The molecule has 1 N–H and O–H groups in total. The molecule has 164 valence electrons. The lowest BCUT2D eigenvalue weighted by molar-refractivity contribution is 0.183. The fourth-order valence-electron chi connectivity index (χ4n) is 4.23. The number of nitrogens with one attached hydrogen (secondary N) is 1. The number of ether oxygens (including phenoxy) is 2. The second-order valence-corrected chi connectivity index (χ2v) is 8.72. The molecular weight excluding hydrogens is 372 g/mol. The Morgan fingerprint density at radius 3 is 2.30 bits per heavy atom. The van der Waals surface area contributed by atoms with Crippen molar-refractivity contribution in [2.75, 3.05) is 45.7 Å². The fraction of sp³-hybridized carbons (Fsp3) is 0.538. The summed E-state index contributed by atoms with van der Waals surface area (Å²) < 4.78 is 10.8. The Labute approximate surface area is 182 Å². The molecule has 30 heavy (non-hydrogen) atoms. The maximum atomic E-state index is 5.42. The molecule has 0 spiro atoms. The summed E-state index contributed by atoms with van der Waals surface area (Å²) in [5, 5.41) is 3.60. The zero-order chi connectivity index (χ0) is 21.3. The highest BCUT2D eigenvalue weighted by Gasteiger charge is 2.18. The van der Waals surface area contributed by atoms with E-state index >= 15 is 0 Å². The predicted octanol–water partition coefficient (Wildman–Crippen LogP) is 5.58. The third-order valence-electron chi connectivity index (χ3n) is 6.33. The van der Waals surface area contributed by atoms with Crippen LogP contribution in [0.4, 0.5) is 5.69 Å². The molecule has 0 aromatic heterocycles. The van der Waals surface area contributed by atoms with Crippen LogP contribution in [0.5, 0.6) is 11.5 Å². The predicted molar refractivity (Wildman–Crippen MR) is 126 cm³/mol. The van der Waals surface area contributed by atoms with Crippen LogP contribution in [0.3, 0.4) is 0 Å². The number of likely N-dealkylation sites (tertiary alicyclic amines) is 1. The minimum atomic E-state index is 0.594. The van der Waals surface area contributed by atoms with E-state index in [1.807, 2.05) is 6.07 Å². The molecule has 0 atom stereocenters. The molecule has 4 heteroatoms. The Morgan fingerprint density at radius 2 is 1.67 bits per heavy atom. The average molecular weight is 411 g/mol. The van der Waals surface area contributed by atoms with Crippen molar-refractivity contribution in [3.05, 3.63) is 53.6 Å². The normalized spacial score (nSPS) is 15.4. The Morgan fingerprint density at radius 1 is 0.967 bits per heavy atom. The van der Waals surface area contributed by atoms with E-state index in [1.165, 1.54) is 49.2 Å². The molecule has 1 fully saturated rings. The summed E-state index contributed by atoms with van der Waals surface area (Å²) in [5.41, 5.74) is 3.95. The maximum Gasteiger partial charge on any atom is 0.160 e. The van der Waals surface area contributed by atoms with Crippen LogP contribution in [0.1, 0.15) is 50.2 Å². The summed E-state index contributed by atoms with van der Waals surface area (Å²) in [7, 11) is 3.38. The van der Waals surface area contributed by atoms with E-state index in [0.717, 1.165) is 36.9 Å². The van der Waals surface area contributed by atoms with Crippen LogP contribution in [-0.4, -0.2) is 45.3 Å². The summed E-state index contributed by atoms with van der Waals surface area (Å²) >= 11 is 0. The molecule has 2 aromatic rings. The van der Waals surface area contributed by atoms with Crippen LogP contribution < -0.4 is 14.8 Å². The van der Waals surface area contributed by atoms with Crippen molar-refractivity contribution in [2.24, 2.45) is 5.92 Å². The van der Waals surface area contributed by atoms with Crippen LogP contribution in [-0.2, 0) is 6.42 Å². The highest BCUT2D eigenvalue weighted by Crippen LogP contribution is 2.28. The molecular formula is C26H38N2O2. The first-order chi connectivity index (χ1) is 14.6. The Bertz CT molecular complexity index is 765. The molecule has 0 saturated carbocycles. The molecule has 3 rings (SSSR count). The molecule has 0 unspecified atom stereocenters. The second-order valence-electron chi connectivity index (χ2n) is 8.72. The van der Waals surface area contributed by atoms with Gasteiger partial charge >= 0.3 is 0 Å². The summed E-state index contributed by atoms with van der Waals surface area (Å²) in [4.78, 5) is 2.60. The minimum absolute atomic E-state index is 0.594. The van der Waals surface area contributed by atoms with Gasteiger partial charge in [0.05, 0.1) is 14.2 Å². The van der Waals surface area contributed by atoms with Gasteiger partial charge in [0, 0.05) is 18.8 Å². The SMILES string of the molecule is COc1ccc(CCN2CCC(CCNc3ccc(C(C)C)cc3)CC2)cc1OC. The van der Waals surface area contributed by atoms with Crippen LogP contribution in [0.2, 0.25) is 0 Å². The highest BCUT2D eigenvalue weighted by molar-refractivity contribution is 5.45. The van der Waals surface area contributed by atoms with E-state index in [0.29, 0.717) is 5.92 Å². The van der Waals surface area contributed by atoms with Gasteiger partial charge in [0.15, 0.2) is 11.5 Å². The number of benzene rings is 2. The van der Waals surface area contributed by atoms with E-state index in [4.69, 9.17) is 9.47 Å². The standard InChI is InChI=1S/C26H38N2O2/c1-20(2)23-6-8-24(9-7-23)27-15-11-21-12-16-28(17-13-21)18-14-22-5-10-25(29-3)26(19-22)30-4/h5-10,19-21,27H,11-18H2,1-4H3. The van der Waals surface area contributed by atoms with Gasteiger partial charge in [-0.05, 0) is 86.0 Å². The Kier molecular flexibility index (Phi) is 8.44. The maximum absolute atomic E-state index is 5.42. The van der Waals surface area contributed by atoms with Crippen molar-refractivity contribution < 1.29 is 9.47 Å². The van der Waals surface area contributed by atoms with E-state index in [9.17, 15) is 0 Å². The van der Waals surface area contributed by atoms with Gasteiger partial charge in [0.2, 0.25) is 0 Å². The third kappa shape index (κ3) is 6.40. The van der Waals surface area contributed by atoms with Crippen molar-refractivity contribution in [1.29, 1.82) is 0 Å². The summed E-state index contributed by atoms with van der Waals surface area (Å²) in [6, 6.07) is 15.2. The Hall–Kier alpha value is -2.20. The second kappa shape index (κ2) is 11.3. The molecule has 0 aliphatic carbocycles. The van der Waals surface area contributed by atoms with Crippen molar-refractivity contribution in [3.63, 3.8) is 0 Å². The fourth-order valence-corrected chi connectivity index (χ4v) is 4.23. The number of nitrogens with zero attached hydrogens (tertiary/aromatic N) is 1. The number of rotatable bonds is 10. The molecule has 1 aliphatic heterocycles. The molecule has 0 bridgehead atoms. The molecule has 4 nitrogen and oxygen atoms in total. The van der Waals surface area contributed by atoms with Gasteiger partial charge in [0.1, 0.15) is 0 Å². The van der Waals surface area contributed by atoms with Crippen molar-refractivity contribution in [3.8, 4) is 11.5 Å². The average Bonchev–Trinajstić information content (AvgIpc) is 2.78. The van der Waals surface area contributed by atoms with Gasteiger partial charge in [-0.3, -0.25) is 0 Å².